The molecule has 2 aromatic heterocycles. The van der Waals surface area contributed by atoms with Gasteiger partial charge in [0.2, 0.25) is 5.91 Å². The second kappa shape index (κ2) is 7.98. The first-order valence-corrected chi connectivity index (χ1v) is 9.69. The summed E-state index contributed by atoms with van der Waals surface area (Å²) in [6.45, 7) is 9.66. The maximum Gasteiger partial charge on any atom is 0.234 e. The van der Waals surface area contributed by atoms with E-state index in [1.165, 1.54) is 23.1 Å². The zero-order chi connectivity index (χ0) is 17.0. The van der Waals surface area contributed by atoms with E-state index in [4.69, 9.17) is 0 Å². The van der Waals surface area contributed by atoms with Gasteiger partial charge in [-0.1, -0.05) is 47.0 Å². The molecule has 124 valence electrons. The zero-order valence-electron chi connectivity index (χ0n) is 13.5. The Labute approximate surface area is 148 Å². The molecule has 2 heterocycles. The smallest absolute Gasteiger partial charge is 0.234 e. The Balaban J connectivity index is 1.86. The fourth-order valence-corrected chi connectivity index (χ4v) is 4.42. The number of amides is 1. The van der Waals surface area contributed by atoms with Crippen LogP contribution in [0.1, 0.15) is 18.3 Å². The minimum absolute atomic E-state index is 0.0689. The molecule has 0 saturated carbocycles. The quantitative estimate of drug-likeness (QED) is 0.596. The van der Waals surface area contributed by atoms with E-state index in [0.717, 1.165) is 37.1 Å². The molecule has 0 unspecified atom stereocenters. The molecule has 0 fully saturated rings. The maximum atomic E-state index is 12.1. The first-order valence-electron chi connectivity index (χ1n) is 6.90. The molecule has 2 rings (SSSR count). The van der Waals surface area contributed by atoms with Crippen molar-refractivity contribution in [2.45, 2.75) is 29.5 Å². The van der Waals surface area contributed by atoms with Gasteiger partial charge in [-0.2, -0.15) is 5.10 Å². The summed E-state index contributed by atoms with van der Waals surface area (Å²) in [7, 11) is 1.86. The Morgan fingerprint density at radius 3 is 2.39 bits per heavy atom. The highest BCUT2D eigenvalue weighted by atomic mass is 32.2. The predicted octanol–water partition coefficient (Wildman–Crippen LogP) is 3.29. The lowest BCUT2D eigenvalue weighted by Gasteiger charge is -2.04. The molecule has 9 heteroatoms. The van der Waals surface area contributed by atoms with E-state index >= 15 is 0 Å². The number of rotatable bonds is 7. The van der Waals surface area contributed by atoms with E-state index in [-0.39, 0.29) is 5.91 Å². The first-order chi connectivity index (χ1) is 10.9. The number of aromatic nitrogens is 4. The van der Waals surface area contributed by atoms with Gasteiger partial charge in [-0.3, -0.25) is 9.48 Å². The second-order valence-corrected chi connectivity index (χ2v) is 8.51. The third-order valence-corrected chi connectivity index (χ3v) is 6.35. The Morgan fingerprint density at radius 2 is 1.87 bits per heavy atom. The summed E-state index contributed by atoms with van der Waals surface area (Å²) in [6, 6.07) is 0. The molecule has 0 spiro atoms. The van der Waals surface area contributed by atoms with Crippen LogP contribution in [0.4, 0.5) is 5.69 Å². The van der Waals surface area contributed by atoms with Gasteiger partial charge in [-0.25, -0.2) is 0 Å². The van der Waals surface area contributed by atoms with Crippen molar-refractivity contribution in [2.24, 2.45) is 7.05 Å². The molecule has 0 atom stereocenters. The molecule has 2 aromatic rings. The fourth-order valence-electron chi connectivity index (χ4n) is 1.76. The van der Waals surface area contributed by atoms with Gasteiger partial charge < -0.3 is 5.32 Å². The van der Waals surface area contributed by atoms with E-state index in [9.17, 15) is 4.79 Å². The largest absolute Gasteiger partial charge is 0.322 e. The van der Waals surface area contributed by atoms with E-state index in [1.807, 2.05) is 27.8 Å². The minimum atomic E-state index is -0.0689. The van der Waals surface area contributed by atoms with Crippen molar-refractivity contribution in [3.8, 4) is 0 Å². The number of carbonyl (C=O) groups is 1. The number of nitrogens with one attached hydrogen (secondary N) is 1. The third kappa shape index (κ3) is 5.08. The summed E-state index contributed by atoms with van der Waals surface area (Å²) < 4.78 is 3.45. The Hall–Kier alpha value is -1.32. The molecule has 0 saturated heterocycles. The van der Waals surface area contributed by atoms with Crippen molar-refractivity contribution in [1.82, 2.24) is 20.0 Å². The summed E-state index contributed by atoms with van der Waals surface area (Å²) in [5.74, 6) is 1.06. The summed E-state index contributed by atoms with van der Waals surface area (Å²) in [4.78, 5) is 12.1. The average molecular weight is 370 g/mol. The van der Waals surface area contributed by atoms with Gasteiger partial charge >= 0.3 is 0 Å². The van der Waals surface area contributed by atoms with Crippen LogP contribution < -0.4 is 5.32 Å². The van der Waals surface area contributed by atoms with E-state index in [2.05, 4.69) is 27.2 Å². The lowest BCUT2D eigenvalue weighted by atomic mass is 10.3. The Bertz CT molecular complexity index is 722. The zero-order valence-corrected chi connectivity index (χ0v) is 16.0. The van der Waals surface area contributed by atoms with Crippen molar-refractivity contribution in [3.05, 3.63) is 23.5 Å². The number of aryl methyl sites for hydroxylation is 2. The SMILES string of the molecule is C=C(C)CSc1nnc(SCC(=O)Nc2c(C)nn(C)c2C)s1. The van der Waals surface area contributed by atoms with Crippen molar-refractivity contribution in [3.63, 3.8) is 0 Å². The van der Waals surface area contributed by atoms with Crippen molar-refractivity contribution in [2.75, 3.05) is 16.8 Å². The van der Waals surface area contributed by atoms with Gasteiger partial charge in [0.25, 0.3) is 0 Å². The molecule has 23 heavy (non-hydrogen) atoms. The lowest BCUT2D eigenvalue weighted by molar-refractivity contribution is -0.113. The van der Waals surface area contributed by atoms with E-state index < -0.39 is 0 Å². The van der Waals surface area contributed by atoms with Gasteiger partial charge in [-0.15, -0.1) is 10.2 Å². The molecule has 0 radical (unpaired) electrons. The lowest BCUT2D eigenvalue weighted by Crippen LogP contribution is -2.15. The van der Waals surface area contributed by atoms with Crippen LogP contribution in [0.25, 0.3) is 0 Å². The number of hydrogen-bond donors (Lipinski definition) is 1. The molecule has 1 amide bonds. The van der Waals surface area contributed by atoms with Gasteiger partial charge in [-0.05, 0) is 20.8 Å². The van der Waals surface area contributed by atoms with E-state index in [1.54, 1.807) is 16.4 Å². The number of anilines is 1. The highest BCUT2D eigenvalue weighted by Crippen LogP contribution is 2.29. The maximum absolute atomic E-state index is 12.1. The topological polar surface area (TPSA) is 72.7 Å². The van der Waals surface area contributed by atoms with Crippen LogP contribution in [0.3, 0.4) is 0 Å². The summed E-state index contributed by atoms with van der Waals surface area (Å²) >= 11 is 4.50. The highest BCUT2D eigenvalue weighted by molar-refractivity contribution is 8.03. The normalized spacial score (nSPS) is 10.8. The van der Waals surface area contributed by atoms with Crippen molar-refractivity contribution >= 4 is 46.5 Å². The molecule has 0 aliphatic carbocycles. The standard InChI is InChI=1S/C14H19N5OS3/c1-8(2)6-21-13-16-17-14(23-13)22-7-11(20)15-12-9(3)18-19(5)10(12)4/h1,6-7H2,2-5H3,(H,15,20). The van der Waals surface area contributed by atoms with Crippen molar-refractivity contribution in [1.29, 1.82) is 0 Å². The monoisotopic (exact) mass is 369 g/mol. The minimum Gasteiger partial charge on any atom is -0.322 e. The highest BCUT2D eigenvalue weighted by Gasteiger charge is 2.14. The van der Waals surface area contributed by atoms with Gasteiger partial charge in [0, 0.05) is 12.8 Å². The van der Waals surface area contributed by atoms with Crippen LogP contribution in [0, 0.1) is 13.8 Å². The predicted molar refractivity (Wildman–Crippen MR) is 97.5 cm³/mol. The van der Waals surface area contributed by atoms with Crippen LogP contribution in [0.5, 0.6) is 0 Å². The summed E-state index contributed by atoms with van der Waals surface area (Å²) in [6.07, 6.45) is 0. The third-order valence-electron chi connectivity index (χ3n) is 2.93. The number of hydrogen-bond acceptors (Lipinski definition) is 7. The van der Waals surface area contributed by atoms with Crippen LogP contribution in [0.2, 0.25) is 0 Å². The van der Waals surface area contributed by atoms with Gasteiger partial charge in [0.05, 0.1) is 22.8 Å². The molecule has 0 bridgehead atoms. The number of nitrogens with zero attached hydrogens (tertiary/aromatic N) is 4. The number of carbonyl (C=O) groups excluding carboxylic acids is 1. The molecule has 1 N–H and O–H groups in total. The summed E-state index contributed by atoms with van der Waals surface area (Å²) in [5.41, 5.74) is 3.64. The molecule has 0 aliphatic rings. The Kier molecular flexibility index (Phi) is 6.25. The number of thioether (sulfide) groups is 2. The van der Waals surface area contributed by atoms with Crippen LogP contribution in [-0.4, -0.2) is 37.4 Å². The van der Waals surface area contributed by atoms with E-state index in [0.29, 0.717) is 5.75 Å². The summed E-state index contributed by atoms with van der Waals surface area (Å²) in [5, 5.41) is 15.4. The van der Waals surface area contributed by atoms with Crippen LogP contribution in [-0.2, 0) is 11.8 Å². The van der Waals surface area contributed by atoms with Gasteiger partial charge in [0.15, 0.2) is 8.68 Å². The Morgan fingerprint density at radius 1 is 1.26 bits per heavy atom. The van der Waals surface area contributed by atoms with Crippen LogP contribution >= 0.6 is 34.9 Å². The molecular formula is C14H19N5OS3. The molecule has 0 aromatic carbocycles. The first kappa shape index (κ1) is 18.0. The molecule has 6 nitrogen and oxygen atoms in total. The molecule has 0 aliphatic heterocycles. The van der Waals surface area contributed by atoms with Crippen molar-refractivity contribution < 1.29 is 4.79 Å². The fraction of sp³-hybridized carbons (Fsp3) is 0.429. The van der Waals surface area contributed by atoms with Gasteiger partial charge in [0.1, 0.15) is 0 Å². The average Bonchev–Trinajstić information content (AvgIpc) is 3.03. The molecular weight excluding hydrogens is 350 g/mol. The second-order valence-electron chi connectivity index (χ2n) is 5.09. The van der Waals surface area contributed by atoms with Crippen LogP contribution in [0.15, 0.2) is 20.8 Å².